The molecule has 32 heavy (non-hydrogen) atoms. The number of hydrogen-bond acceptors (Lipinski definition) is 8. The molecular formula is C21H46ClNO7Si2. The second-order valence-electron chi connectivity index (χ2n) is 7.12. The molecule has 0 saturated carbocycles. The zero-order chi connectivity index (χ0) is 24.3. The van der Waals surface area contributed by atoms with Gasteiger partial charge in [0, 0.05) is 64.7 Å². The molecule has 0 rings (SSSR count). The summed E-state index contributed by atoms with van der Waals surface area (Å²) in [5, 5.41) is -0.321. The van der Waals surface area contributed by atoms with Crippen LogP contribution in [0.2, 0.25) is 12.1 Å². The first-order chi connectivity index (χ1) is 15.4. The van der Waals surface area contributed by atoms with E-state index in [4.69, 9.17) is 38.2 Å². The average Bonchev–Trinajstić information content (AvgIpc) is 2.73. The van der Waals surface area contributed by atoms with E-state index in [9.17, 15) is 4.79 Å². The Morgan fingerprint density at radius 3 is 1.19 bits per heavy atom. The van der Waals surface area contributed by atoms with Crippen molar-refractivity contribution in [1.29, 1.82) is 0 Å². The molecule has 0 atom stereocenters. The molecule has 0 N–H and O–H groups in total. The SMILES string of the molecule is CCO[Si](CCCN(CCC[Si](OCC)(OCC)OCC)CCC(=O)Cl)(OCC)OCC. The Kier molecular flexibility index (Phi) is 19.5. The number of carbonyl (C=O) groups is 1. The van der Waals surface area contributed by atoms with Crippen molar-refractivity contribution in [3.05, 3.63) is 0 Å². The summed E-state index contributed by atoms with van der Waals surface area (Å²) in [4.78, 5) is 13.6. The summed E-state index contributed by atoms with van der Waals surface area (Å²) in [6.45, 7) is 17.4. The molecule has 0 amide bonds. The minimum Gasteiger partial charge on any atom is -0.374 e. The maximum Gasteiger partial charge on any atom is 0.500 e. The van der Waals surface area contributed by atoms with Gasteiger partial charge in [-0.1, -0.05) is 0 Å². The molecule has 0 aliphatic rings. The van der Waals surface area contributed by atoms with E-state index in [0.717, 1.165) is 38.0 Å². The summed E-state index contributed by atoms with van der Waals surface area (Å²) in [6, 6.07) is 1.48. The van der Waals surface area contributed by atoms with Gasteiger partial charge in [-0.3, -0.25) is 4.79 Å². The van der Waals surface area contributed by atoms with Gasteiger partial charge in [-0.2, -0.15) is 0 Å². The van der Waals surface area contributed by atoms with E-state index >= 15 is 0 Å². The molecule has 0 aromatic carbocycles. The smallest absolute Gasteiger partial charge is 0.374 e. The van der Waals surface area contributed by atoms with Crippen LogP contribution in [0.3, 0.4) is 0 Å². The summed E-state index contributed by atoms with van der Waals surface area (Å²) in [5.41, 5.74) is 0. The molecular weight excluding hydrogens is 470 g/mol. The predicted molar refractivity (Wildman–Crippen MR) is 132 cm³/mol. The molecule has 0 heterocycles. The third kappa shape index (κ3) is 13.7. The monoisotopic (exact) mass is 515 g/mol. The zero-order valence-corrected chi connectivity index (χ0v) is 23.8. The van der Waals surface area contributed by atoms with Crippen LogP contribution < -0.4 is 0 Å². The highest BCUT2D eigenvalue weighted by Crippen LogP contribution is 2.21. The van der Waals surface area contributed by atoms with Gasteiger partial charge in [-0.05, 0) is 79.1 Å². The quantitative estimate of drug-likeness (QED) is 0.147. The maximum atomic E-state index is 11.4. The fourth-order valence-corrected chi connectivity index (χ4v) is 8.89. The number of rotatable bonds is 23. The van der Waals surface area contributed by atoms with Crippen LogP contribution in [0.4, 0.5) is 0 Å². The lowest BCUT2D eigenvalue weighted by Crippen LogP contribution is -2.47. The van der Waals surface area contributed by atoms with E-state index in [2.05, 4.69) is 4.90 Å². The highest BCUT2D eigenvalue weighted by atomic mass is 35.5. The van der Waals surface area contributed by atoms with Gasteiger partial charge in [0.2, 0.25) is 5.24 Å². The molecule has 0 aliphatic carbocycles. The van der Waals surface area contributed by atoms with Crippen molar-refractivity contribution in [3.63, 3.8) is 0 Å². The van der Waals surface area contributed by atoms with E-state index in [1.165, 1.54) is 0 Å². The molecule has 8 nitrogen and oxygen atoms in total. The van der Waals surface area contributed by atoms with Gasteiger partial charge in [-0.15, -0.1) is 0 Å². The molecule has 0 fully saturated rings. The highest BCUT2D eigenvalue weighted by Gasteiger charge is 2.41. The third-order valence-corrected chi connectivity index (χ3v) is 11.2. The molecule has 0 spiro atoms. The van der Waals surface area contributed by atoms with Crippen LogP contribution >= 0.6 is 11.6 Å². The van der Waals surface area contributed by atoms with Crippen LogP contribution in [0.15, 0.2) is 0 Å². The van der Waals surface area contributed by atoms with Crippen molar-refractivity contribution in [2.75, 3.05) is 59.3 Å². The number of hydrogen-bond donors (Lipinski definition) is 0. The minimum absolute atomic E-state index is 0.317. The van der Waals surface area contributed by atoms with Crippen LogP contribution in [-0.2, 0) is 31.4 Å². The second kappa shape index (κ2) is 19.4. The third-order valence-electron chi connectivity index (χ3n) is 4.72. The number of carbonyl (C=O) groups excluding carboxylic acids is 1. The first-order valence-corrected chi connectivity index (χ1v) is 16.3. The first kappa shape index (κ1) is 32.1. The van der Waals surface area contributed by atoms with Gasteiger partial charge in [-0.25, -0.2) is 0 Å². The molecule has 0 aromatic heterocycles. The summed E-state index contributed by atoms with van der Waals surface area (Å²) in [5.74, 6) is 0. The lowest BCUT2D eigenvalue weighted by Gasteiger charge is -2.31. The van der Waals surface area contributed by atoms with Gasteiger partial charge in [0.15, 0.2) is 0 Å². The van der Waals surface area contributed by atoms with Crippen molar-refractivity contribution in [3.8, 4) is 0 Å². The van der Waals surface area contributed by atoms with Crippen molar-refractivity contribution < 1.29 is 31.4 Å². The minimum atomic E-state index is -2.67. The summed E-state index contributed by atoms with van der Waals surface area (Å²) < 4.78 is 35.7. The standard InChI is InChI=1S/C21H46ClNO7Si2/c1-7-25-31(26-8-2,27-9-3)19-13-16-23(18-15-21(22)24)17-14-20-32(28-10-4,29-11-5)30-12-6/h7-20H2,1-6H3. The van der Waals surface area contributed by atoms with E-state index in [1.807, 2.05) is 41.5 Å². The lowest BCUT2D eigenvalue weighted by molar-refractivity contribution is -0.112. The Morgan fingerprint density at radius 1 is 0.625 bits per heavy atom. The van der Waals surface area contributed by atoms with E-state index in [0.29, 0.717) is 52.6 Å². The molecule has 11 heteroatoms. The first-order valence-electron chi connectivity index (χ1n) is 12.1. The second-order valence-corrected chi connectivity index (χ2v) is 13.0. The Balaban J connectivity index is 4.99. The van der Waals surface area contributed by atoms with Gasteiger partial charge < -0.3 is 31.5 Å². The van der Waals surface area contributed by atoms with Gasteiger partial charge in [0.1, 0.15) is 0 Å². The molecule has 0 radical (unpaired) electrons. The molecule has 0 aliphatic heterocycles. The predicted octanol–water partition coefficient (Wildman–Crippen LogP) is 4.32. The van der Waals surface area contributed by atoms with Crippen molar-refractivity contribution in [2.45, 2.75) is 72.9 Å². The van der Waals surface area contributed by atoms with Gasteiger partial charge >= 0.3 is 17.6 Å². The van der Waals surface area contributed by atoms with Gasteiger partial charge in [0.25, 0.3) is 0 Å². The number of halogens is 1. The topological polar surface area (TPSA) is 75.7 Å². The normalized spacial score (nSPS) is 12.6. The van der Waals surface area contributed by atoms with Crippen molar-refractivity contribution in [2.24, 2.45) is 0 Å². The van der Waals surface area contributed by atoms with Crippen LogP contribution in [0.1, 0.15) is 60.8 Å². The molecule has 192 valence electrons. The highest BCUT2D eigenvalue weighted by molar-refractivity contribution is 6.63. The lowest BCUT2D eigenvalue weighted by atomic mass is 10.3. The molecule has 0 unspecified atom stereocenters. The summed E-state index contributed by atoms with van der Waals surface area (Å²) in [6.07, 6.45) is 2.03. The average molecular weight is 516 g/mol. The van der Waals surface area contributed by atoms with E-state index in [1.54, 1.807) is 0 Å². The Labute approximate surface area is 202 Å². The molecule has 0 aromatic rings. The molecule has 0 bridgehead atoms. The largest absolute Gasteiger partial charge is 0.500 e. The zero-order valence-electron chi connectivity index (χ0n) is 21.1. The Bertz CT molecular complexity index is 411. The van der Waals surface area contributed by atoms with Crippen molar-refractivity contribution >= 4 is 34.5 Å². The Hall–Kier alpha value is 0.114. The van der Waals surface area contributed by atoms with E-state index < -0.39 is 17.6 Å². The van der Waals surface area contributed by atoms with Crippen LogP contribution in [-0.4, -0.2) is 87.0 Å². The van der Waals surface area contributed by atoms with E-state index in [-0.39, 0.29) is 5.24 Å². The number of nitrogens with zero attached hydrogens (tertiary/aromatic N) is 1. The van der Waals surface area contributed by atoms with Crippen molar-refractivity contribution in [1.82, 2.24) is 4.90 Å². The summed E-state index contributed by atoms with van der Waals surface area (Å²) in [7, 11) is -5.35. The van der Waals surface area contributed by atoms with Crippen LogP contribution in [0.25, 0.3) is 0 Å². The van der Waals surface area contributed by atoms with Crippen LogP contribution in [0.5, 0.6) is 0 Å². The Morgan fingerprint density at radius 2 is 0.938 bits per heavy atom. The fourth-order valence-electron chi connectivity index (χ4n) is 3.62. The fraction of sp³-hybridized carbons (Fsp3) is 0.952. The summed E-state index contributed by atoms with van der Waals surface area (Å²) >= 11 is 5.61. The van der Waals surface area contributed by atoms with Crippen LogP contribution in [0, 0.1) is 0 Å². The van der Waals surface area contributed by atoms with Gasteiger partial charge in [0.05, 0.1) is 0 Å². The molecule has 0 saturated heterocycles. The maximum absolute atomic E-state index is 11.4.